The van der Waals surface area contributed by atoms with Gasteiger partial charge >= 0.3 is 0 Å². The molecule has 0 aliphatic rings. The second-order valence-electron chi connectivity index (χ2n) is 4.39. The molecule has 0 atom stereocenters. The van der Waals surface area contributed by atoms with Crippen LogP contribution in [0.1, 0.15) is 25.3 Å². The van der Waals surface area contributed by atoms with Crippen molar-refractivity contribution >= 4 is 13.3 Å². The molecule has 0 aliphatic carbocycles. The maximum Gasteiger partial charge on any atom is 0.127 e. The molecule has 0 aromatic heterocycles. The molecule has 0 saturated carbocycles. The Kier molecular flexibility index (Phi) is 4.46. The lowest BCUT2D eigenvalue weighted by molar-refractivity contribution is 0.486. The van der Waals surface area contributed by atoms with Gasteiger partial charge in [-0.05, 0) is 36.6 Å². The van der Waals surface area contributed by atoms with Gasteiger partial charge in [-0.3, -0.25) is 0 Å². The fraction of sp³-hybridized carbons (Fsp3) is 0.250. The van der Waals surface area contributed by atoms with Gasteiger partial charge in [-0.25, -0.2) is 0 Å². The Morgan fingerprint density at radius 2 is 1.72 bits per heavy atom. The zero-order valence-electron chi connectivity index (χ0n) is 10.7. The van der Waals surface area contributed by atoms with E-state index in [1.54, 1.807) is 0 Å². The van der Waals surface area contributed by atoms with Crippen LogP contribution in [-0.4, -0.2) is 7.85 Å². The van der Waals surface area contributed by atoms with Crippen LogP contribution in [0.3, 0.4) is 0 Å². The standard InChI is InChI=1S/C16H17BO/c1-2-3-6-13-9-11-14(12-10-13)18-16-8-5-4-7-15(16)17/h4-5,7-12H,2-3,6H2,1H3. The predicted molar refractivity (Wildman–Crippen MR) is 77.0 cm³/mol. The maximum atomic E-state index is 5.84. The summed E-state index contributed by atoms with van der Waals surface area (Å²) >= 11 is 0. The highest BCUT2D eigenvalue weighted by Gasteiger charge is 2.00. The van der Waals surface area contributed by atoms with Gasteiger partial charge in [0, 0.05) is 0 Å². The molecule has 0 amide bonds. The molecule has 0 heterocycles. The fourth-order valence-electron chi connectivity index (χ4n) is 1.81. The molecule has 0 aliphatic heterocycles. The first-order valence-corrected chi connectivity index (χ1v) is 6.41. The fourth-order valence-corrected chi connectivity index (χ4v) is 1.81. The molecule has 2 heteroatoms. The second kappa shape index (κ2) is 6.30. The molecule has 0 bridgehead atoms. The second-order valence-corrected chi connectivity index (χ2v) is 4.39. The SMILES string of the molecule is [B]c1ccccc1Oc1ccc(CCCC)cc1. The van der Waals surface area contributed by atoms with Gasteiger partial charge in [-0.15, -0.1) is 0 Å². The van der Waals surface area contributed by atoms with Crippen molar-refractivity contribution in [1.82, 2.24) is 0 Å². The molecule has 18 heavy (non-hydrogen) atoms. The summed E-state index contributed by atoms with van der Waals surface area (Å²) in [5.41, 5.74) is 2.01. The van der Waals surface area contributed by atoms with Gasteiger partial charge in [0.1, 0.15) is 19.3 Å². The van der Waals surface area contributed by atoms with Gasteiger partial charge in [0.15, 0.2) is 0 Å². The van der Waals surface area contributed by atoms with Crippen molar-refractivity contribution in [2.75, 3.05) is 0 Å². The van der Waals surface area contributed by atoms with Crippen LogP contribution in [0.15, 0.2) is 48.5 Å². The van der Waals surface area contributed by atoms with E-state index in [0.29, 0.717) is 11.2 Å². The minimum Gasteiger partial charge on any atom is -0.458 e. The lowest BCUT2D eigenvalue weighted by atomic mass is 9.95. The van der Waals surface area contributed by atoms with Crippen molar-refractivity contribution in [3.05, 3.63) is 54.1 Å². The van der Waals surface area contributed by atoms with E-state index in [-0.39, 0.29) is 0 Å². The Morgan fingerprint density at radius 1 is 1.00 bits per heavy atom. The van der Waals surface area contributed by atoms with Gasteiger partial charge in [0.2, 0.25) is 0 Å². The number of hydrogen-bond acceptors (Lipinski definition) is 1. The summed E-state index contributed by atoms with van der Waals surface area (Å²) < 4.78 is 5.74. The highest BCUT2D eigenvalue weighted by Crippen LogP contribution is 2.20. The summed E-state index contributed by atoms with van der Waals surface area (Å²) in [7, 11) is 5.84. The third kappa shape index (κ3) is 3.40. The van der Waals surface area contributed by atoms with Crippen LogP contribution in [-0.2, 0) is 6.42 Å². The average molecular weight is 236 g/mol. The number of para-hydroxylation sites is 1. The van der Waals surface area contributed by atoms with E-state index in [1.165, 1.54) is 18.4 Å². The summed E-state index contributed by atoms with van der Waals surface area (Å²) in [6, 6.07) is 15.8. The van der Waals surface area contributed by atoms with Crippen LogP contribution in [0.25, 0.3) is 0 Å². The Labute approximate surface area is 110 Å². The lowest BCUT2D eigenvalue weighted by Crippen LogP contribution is -2.05. The van der Waals surface area contributed by atoms with Gasteiger partial charge in [-0.1, -0.05) is 49.1 Å². The van der Waals surface area contributed by atoms with E-state index in [2.05, 4.69) is 19.1 Å². The van der Waals surface area contributed by atoms with Gasteiger partial charge in [0.05, 0.1) is 0 Å². The predicted octanol–water partition coefficient (Wildman–Crippen LogP) is 3.62. The van der Waals surface area contributed by atoms with Crippen LogP contribution in [0, 0.1) is 0 Å². The Morgan fingerprint density at radius 3 is 2.39 bits per heavy atom. The van der Waals surface area contributed by atoms with E-state index in [1.807, 2.05) is 36.4 Å². The largest absolute Gasteiger partial charge is 0.458 e. The molecular weight excluding hydrogens is 219 g/mol. The van der Waals surface area contributed by atoms with Crippen LogP contribution in [0.4, 0.5) is 0 Å². The number of unbranched alkanes of at least 4 members (excludes halogenated alkanes) is 1. The zero-order valence-corrected chi connectivity index (χ0v) is 10.7. The topological polar surface area (TPSA) is 9.23 Å². The number of hydrogen-bond donors (Lipinski definition) is 0. The van der Waals surface area contributed by atoms with Crippen LogP contribution in [0.5, 0.6) is 11.5 Å². The first-order valence-electron chi connectivity index (χ1n) is 6.41. The molecule has 2 aromatic carbocycles. The average Bonchev–Trinajstić information content (AvgIpc) is 2.41. The minimum atomic E-state index is 0.660. The first-order chi connectivity index (χ1) is 8.79. The molecule has 0 unspecified atom stereocenters. The molecule has 0 spiro atoms. The van der Waals surface area contributed by atoms with Crippen molar-refractivity contribution in [2.24, 2.45) is 0 Å². The number of ether oxygens (including phenoxy) is 1. The van der Waals surface area contributed by atoms with Gasteiger partial charge < -0.3 is 4.74 Å². The molecule has 2 rings (SSSR count). The van der Waals surface area contributed by atoms with Crippen molar-refractivity contribution in [2.45, 2.75) is 26.2 Å². The monoisotopic (exact) mass is 236 g/mol. The molecule has 90 valence electrons. The van der Waals surface area contributed by atoms with Gasteiger partial charge in [0.25, 0.3) is 0 Å². The van der Waals surface area contributed by atoms with Crippen LogP contribution >= 0.6 is 0 Å². The molecular formula is C16H17BO. The highest BCUT2D eigenvalue weighted by molar-refractivity contribution is 6.34. The Bertz CT molecular complexity index is 491. The van der Waals surface area contributed by atoms with E-state index in [4.69, 9.17) is 12.6 Å². The van der Waals surface area contributed by atoms with Crippen molar-refractivity contribution in [1.29, 1.82) is 0 Å². The molecule has 2 aromatic rings. The van der Waals surface area contributed by atoms with E-state index >= 15 is 0 Å². The Balaban J connectivity index is 2.04. The molecule has 0 fully saturated rings. The zero-order chi connectivity index (χ0) is 12.8. The van der Waals surface area contributed by atoms with Crippen molar-refractivity contribution < 1.29 is 4.74 Å². The molecule has 0 N–H and O–H groups in total. The quantitative estimate of drug-likeness (QED) is 0.720. The summed E-state index contributed by atoms with van der Waals surface area (Å²) in [6.45, 7) is 2.20. The van der Waals surface area contributed by atoms with Crippen molar-refractivity contribution in [3.63, 3.8) is 0 Å². The van der Waals surface area contributed by atoms with Crippen LogP contribution in [0.2, 0.25) is 0 Å². The number of benzene rings is 2. The van der Waals surface area contributed by atoms with Crippen molar-refractivity contribution in [3.8, 4) is 11.5 Å². The van der Waals surface area contributed by atoms with E-state index < -0.39 is 0 Å². The number of aryl methyl sites for hydroxylation is 1. The van der Waals surface area contributed by atoms with Gasteiger partial charge in [-0.2, -0.15) is 0 Å². The normalized spacial score (nSPS) is 10.3. The summed E-state index contributed by atoms with van der Waals surface area (Å²) in [5.74, 6) is 1.53. The van der Waals surface area contributed by atoms with E-state index in [0.717, 1.165) is 12.2 Å². The highest BCUT2D eigenvalue weighted by atomic mass is 16.5. The molecule has 0 saturated heterocycles. The summed E-state index contributed by atoms with van der Waals surface area (Å²) in [6.07, 6.45) is 3.58. The van der Waals surface area contributed by atoms with Crippen LogP contribution < -0.4 is 10.2 Å². The third-order valence-corrected chi connectivity index (χ3v) is 2.89. The number of rotatable bonds is 5. The lowest BCUT2D eigenvalue weighted by Gasteiger charge is -2.09. The summed E-state index contributed by atoms with van der Waals surface area (Å²) in [4.78, 5) is 0. The molecule has 2 radical (unpaired) electrons. The molecule has 1 nitrogen and oxygen atoms in total. The summed E-state index contributed by atoms with van der Waals surface area (Å²) in [5, 5.41) is 0. The minimum absolute atomic E-state index is 0.660. The third-order valence-electron chi connectivity index (χ3n) is 2.89. The van der Waals surface area contributed by atoms with E-state index in [9.17, 15) is 0 Å². The Hall–Kier alpha value is -1.70. The smallest absolute Gasteiger partial charge is 0.127 e. The maximum absolute atomic E-state index is 5.84. The first kappa shape index (κ1) is 12.8.